The number of nitrogens with two attached hydrogens (primary N) is 1. The number of benzene rings is 1. The fourth-order valence-electron chi connectivity index (χ4n) is 1.46. The number of anilines is 1. The molecular formula is C12H19N3O. The van der Waals surface area contributed by atoms with E-state index in [1.165, 1.54) is 0 Å². The molecule has 0 aliphatic carbocycles. The number of hydrogen-bond donors (Lipinski definition) is 2. The lowest BCUT2D eigenvalue weighted by atomic mass is 10.1. The summed E-state index contributed by atoms with van der Waals surface area (Å²) >= 11 is 0. The van der Waals surface area contributed by atoms with Gasteiger partial charge in [0.15, 0.2) is 0 Å². The molecule has 1 amide bonds. The highest BCUT2D eigenvalue weighted by Crippen LogP contribution is 2.13. The number of nitrogens with zero attached hydrogens (tertiary/aromatic N) is 1. The van der Waals surface area contributed by atoms with Crippen LogP contribution in [0.15, 0.2) is 24.3 Å². The zero-order valence-corrected chi connectivity index (χ0v) is 10.0. The first kappa shape index (κ1) is 12.5. The molecule has 0 fully saturated rings. The molecule has 0 spiro atoms. The van der Waals surface area contributed by atoms with Gasteiger partial charge in [0.1, 0.15) is 0 Å². The molecule has 0 aliphatic heterocycles. The molecule has 0 radical (unpaired) electrons. The largest absolute Gasteiger partial charge is 0.378 e. The molecule has 1 rings (SSSR count). The standard InChI is InChI=1S/C12H19N3O/c1-14-12(16)11(13)8-9-4-6-10(7-5-9)15(2)3/h4-7,11H,8,13H2,1-3H3,(H,14,16)/t11-/m0/s1. The minimum atomic E-state index is -0.477. The van der Waals surface area contributed by atoms with Gasteiger partial charge in [-0.2, -0.15) is 0 Å². The van der Waals surface area contributed by atoms with E-state index in [1.807, 2.05) is 43.3 Å². The predicted molar refractivity (Wildman–Crippen MR) is 66.5 cm³/mol. The van der Waals surface area contributed by atoms with Crippen molar-refractivity contribution in [1.82, 2.24) is 5.32 Å². The smallest absolute Gasteiger partial charge is 0.237 e. The number of likely N-dealkylation sites (N-methyl/N-ethyl adjacent to an activating group) is 1. The number of carbonyl (C=O) groups excluding carboxylic acids is 1. The predicted octanol–water partition coefficient (Wildman–Crippen LogP) is 0.368. The minimum Gasteiger partial charge on any atom is -0.378 e. The van der Waals surface area contributed by atoms with E-state index in [-0.39, 0.29) is 5.91 Å². The molecule has 16 heavy (non-hydrogen) atoms. The van der Waals surface area contributed by atoms with Crippen LogP contribution in [0.1, 0.15) is 5.56 Å². The minimum absolute atomic E-state index is 0.128. The summed E-state index contributed by atoms with van der Waals surface area (Å²) in [6.07, 6.45) is 0.563. The van der Waals surface area contributed by atoms with Crippen molar-refractivity contribution in [3.8, 4) is 0 Å². The van der Waals surface area contributed by atoms with E-state index < -0.39 is 6.04 Å². The Morgan fingerprint density at radius 3 is 2.38 bits per heavy atom. The van der Waals surface area contributed by atoms with Gasteiger partial charge in [0.25, 0.3) is 0 Å². The zero-order valence-electron chi connectivity index (χ0n) is 10.0. The first-order valence-electron chi connectivity index (χ1n) is 5.28. The molecule has 0 bridgehead atoms. The van der Waals surface area contributed by atoms with Crippen molar-refractivity contribution >= 4 is 11.6 Å². The highest BCUT2D eigenvalue weighted by Gasteiger charge is 2.11. The molecule has 3 N–H and O–H groups in total. The van der Waals surface area contributed by atoms with Crippen molar-refractivity contribution in [2.45, 2.75) is 12.5 Å². The number of rotatable bonds is 4. The molecule has 1 atom stereocenters. The monoisotopic (exact) mass is 221 g/mol. The average molecular weight is 221 g/mol. The second-order valence-electron chi connectivity index (χ2n) is 3.99. The second-order valence-corrected chi connectivity index (χ2v) is 3.99. The number of carbonyl (C=O) groups is 1. The highest BCUT2D eigenvalue weighted by molar-refractivity contribution is 5.81. The average Bonchev–Trinajstić information content (AvgIpc) is 2.28. The van der Waals surface area contributed by atoms with E-state index in [4.69, 9.17) is 5.73 Å². The summed E-state index contributed by atoms with van der Waals surface area (Å²) in [5.41, 5.74) is 7.94. The van der Waals surface area contributed by atoms with E-state index in [1.54, 1.807) is 7.05 Å². The Balaban J connectivity index is 2.65. The van der Waals surface area contributed by atoms with E-state index in [2.05, 4.69) is 5.32 Å². The fourth-order valence-corrected chi connectivity index (χ4v) is 1.46. The summed E-state index contributed by atoms with van der Waals surface area (Å²) in [6, 6.07) is 7.56. The lowest BCUT2D eigenvalue weighted by Gasteiger charge is -2.14. The maximum absolute atomic E-state index is 11.2. The van der Waals surface area contributed by atoms with Gasteiger partial charge < -0.3 is 16.0 Å². The quantitative estimate of drug-likeness (QED) is 0.772. The van der Waals surface area contributed by atoms with Crippen molar-refractivity contribution in [3.63, 3.8) is 0 Å². The SMILES string of the molecule is CNC(=O)[C@@H](N)Cc1ccc(N(C)C)cc1. The molecule has 0 unspecified atom stereocenters. The normalized spacial score (nSPS) is 12.0. The Bertz CT molecular complexity index is 346. The third-order valence-electron chi connectivity index (χ3n) is 2.49. The Kier molecular flexibility index (Phi) is 4.31. The summed E-state index contributed by atoms with van der Waals surface area (Å²) in [7, 11) is 5.58. The van der Waals surface area contributed by atoms with Crippen LogP contribution in [0, 0.1) is 0 Å². The summed E-state index contributed by atoms with van der Waals surface area (Å²) in [4.78, 5) is 13.3. The summed E-state index contributed by atoms with van der Waals surface area (Å²) < 4.78 is 0. The van der Waals surface area contributed by atoms with Crippen molar-refractivity contribution in [1.29, 1.82) is 0 Å². The van der Waals surface area contributed by atoms with E-state index >= 15 is 0 Å². The molecule has 0 saturated heterocycles. The number of nitrogens with one attached hydrogen (secondary N) is 1. The molecule has 0 aliphatic rings. The van der Waals surface area contributed by atoms with E-state index in [9.17, 15) is 4.79 Å². The van der Waals surface area contributed by atoms with Gasteiger partial charge in [0.2, 0.25) is 5.91 Å². The van der Waals surface area contributed by atoms with Crippen LogP contribution in [0.3, 0.4) is 0 Å². The van der Waals surface area contributed by atoms with Crippen LogP contribution >= 0.6 is 0 Å². The van der Waals surface area contributed by atoms with Gasteiger partial charge in [0.05, 0.1) is 6.04 Å². The number of amides is 1. The lowest BCUT2D eigenvalue weighted by Crippen LogP contribution is -2.40. The molecule has 0 aromatic heterocycles. The molecule has 88 valence electrons. The van der Waals surface area contributed by atoms with Gasteiger partial charge in [0, 0.05) is 26.8 Å². The lowest BCUT2D eigenvalue weighted by molar-refractivity contribution is -0.121. The molecule has 1 aromatic carbocycles. The van der Waals surface area contributed by atoms with Crippen LogP contribution in [0.2, 0.25) is 0 Å². The fraction of sp³-hybridized carbons (Fsp3) is 0.417. The summed E-state index contributed by atoms with van der Waals surface area (Å²) in [6.45, 7) is 0. The van der Waals surface area contributed by atoms with E-state index in [0.29, 0.717) is 6.42 Å². The van der Waals surface area contributed by atoms with Crippen LogP contribution in [-0.4, -0.2) is 33.1 Å². The third-order valence-corrected chi connectivity index (χ3v) is 2.49. The topological polar surface area (TPSA) is 58.4 Å². The van der Waals surface area contributed by atoms with E-state index in [0.717, 1.165) is 11.3 Å². The van der Waals surface area contributed by atoms with Gasteiger partial charge >= 0.3 is 0 Å². The summed E-state index contributed by atoms with van der Waals surface area (Å²) in [5.74, 6) is -0.128. The molecule has 0 saturated carbocycles. The van der Waals surface area contributed by atoms with Crippen molar-refractivity contribution in [2.75, 3.05) is 26.0 Å². The second kappa shape index (κ2) is 5.51. The first-order chi connectivity index (χ1) is 7.54. The Labute approximate surface area is 96.4 Å². The molecular weight excluding hydrogens is 202 g/mol. The third kappa shape index (κ3) is 3.24. The maximum atomic E-state index is 11.2. The Morgan fingerprint density at radius 1 is 1.38 bits per heavy atom. The maximum Gasteiger partial charge on any atom is 0.237 e. The number of hydrogen-bond acceptors (Lipinski definition) is 3. The van der Waals surface area contributed by atoms with Crippen LogP contribution in [0.25, 0.3) is 0 Å². The van der Waals surface area contributed by atoms with Gasteiger partial charge in [-0.15, -0.1) is 0 Å². The van der Waals surface area contributed by atoms with Crippen molar-refractivity contribution in [2.24, 2.45) is 5.73 Å². The molecule has 4 nitrogen and oxygen atoms in total. The highest BCUT2D eigenvalue weighted by atomic mass is 16.2. The molecule has 1 aromatic rings. The molecule has 4 heteroatoms. The van der Waals surface area contributed by atoms with Crippen LogP contribution in [0.5, 0.6) is 0 Å². The van der Waals surface area contributed by atoms with Crippen molar-refractivity contribution in [3.05, 3.63) is 29.8 Å². The van der Waals surface area contributed by atoms with Crippen molar-refractivity contribution < 1.29 is 4.79 Å². The van der Waals surface area contributed by atoms with Crippen LogP contribution in [0.4, 0.5) is 5.69 Å². The summed E-state index contributed by atoms with van der Waals surface area (Å²) in [5, 5.41) is 2.54. The first-order valence-corrected chi connectivity index (χ1v) is 5.28. The molecule has 0 heterocycles. The Morgan fingerprint density at radius 2 is 1.94 bits per heavy atom. The van der Waals surface area contributed by atoms with Crippen LogP contribution < -0.4 is 16.0 Å². The van der Waals surface area contributed by atoms with Gasteiger partial charge in [-0.05, 0) is 24.1 Å². The Hall–Kier alpha value is -1.55. The zero-order chi connectivity index (χ0) is 12.1. The van der Waals surface area contributed by atoms with Gasteiger partial charge in [-0.1, -0.05) is 12.1 Å². The van der Waals surface area contributed by atoms with Gasteiger partial charge in [-0.3, -0.25) is 4.79 Å². The van der Waals surface area contributed by atoms with Gasteiger partial charge in [-0.25, -0.2) is 0 Å². The van der Waals surface area contributed by atoms with Crippen LogP contribution in [-0.2, 0) is 11.2 Å².